The summed E-state index contributed by atoms with van der Waals surface area (Å²) in [4.78, 5) is 31.2. The second-order valence-corrected chi connectivity index (χ2v) is 10.5. The number of anilines is 1. The number of hydrogen-bond donors (Lipinski definition) is 3. The molecule has 36 heavy (non-hydrogen) atoms. The molecule has 2 saturated carbocycles. The van der Waals surface area contributed by atoms with Crippen molar-refractivity contribution in [3.8, 4) is 17.0 Å². The number of carbonyl (C=O) groups excluding carboxylic acids is 2. The number of aromatic hydroxyl groups is 1. The third-order valence-corrected chi connectivity index (χ3v) is 7.32. The second-order valence-electron chi connectivity index (χ2n) is 10.5. The Bertz CT molecular complexity index is 1250. The van der Waals surface area contributed by atoms with Crippen LogP contribution in [0.1, 0.15) is 61.8 Å². The molecule has 5 rings (SSSR count). The van der Waals surface area contributed by atoms with Crippen LogP contribution in [-0.4, -0.2) is 42.3 Å². The molecule has 1 aromatic carbocycles. The summed E-state index contributed by atoms with van der Waals surface area (Å²) in [5, 5.41) is 21.0. The van der Waals surface area contributed by atoms with Gasteiger partial charge in [-0.3, -0.25) is 14.3 Å². The van der Waals surface area contributed by atoms with Crippen molar-refractivity contribution in [2.45, 2.75) is 58.5 Å². The highest BCUT2D eigenvalue weighted by Crippen LogP contribution is 2.51. The van der Waals surface area contributed by atoms with Crippen LogP contribution in [0.15, 0.2) is 36.8 Å². The van der Waals surface area contributed by atoms with E-state index in [1.807, 2.05) is 32.4 Å². The fourth-order valence-electron chi connectivity index (χ4n) is 5.31. The summed E-state index contributed by atoms with van der Waals surface area (Å²) in [7, 11) is 1.87. The first-order valence-electron chi connectivity index (χ1n) is 12.7. The zero-order chi connectivity index (χ0) is 25.6. The Balaban J connectivity index is 1.39. The molecule has 2 aliphatic carbocycles. The number of phenols is 1. The third-order valence-electron chi connectivity index (χ3n) is 7.32. The molecule has 2 amide bonds. The zero-order valence-corrected chi connectivity index (χ0v) is 21.2. The molecule has 0 bridgehead atoms. The number of phenolic OH excluding ortho intramolecular Hbond substituents is 1. The Morgan fingerprint density at radius 2 is 1.81 bits per heavy atom. The topological polar surface area (TPSA) is 114 Å². The molecule has 0 saturated heterocycles. The van der Waals surface area contributed by atoms with Crippen LogP contribution in [0.4, 0.5) is 5.69 Å². The highest BCUT2D eigenvalue weighted by atomic mass is 16.3. The largest absolute Gasteiger partial charge is 0.507 e. The van der Waals surface area contributed by atoms with Gasteiger partial charge in [0.2, 0.25) is 5.91 Å². The van der Waals surface area contributed by atoms with E-state index in [1.165, 1.54) is 0 Å². The average molecular weight is 491 g/mol. The van der Waals surface area contributed by atoms with Gasteiger partial charge in [-0.05, 0) is 82.4 Å². The minimum absolute atomic E-state index is 0.0280. The van der Waals surface area contributed by atoms with Crippen LogP contribution >= 0.6 is 0 Å². The molecule has 0 radical (unpaired) electrons. The number of aryl methyl sites for hydroxylation is 2. The number of carbonyl (C=O) groups is 2. The van der Waals surface area contributed by atoms with Gasteiger partial charge < -0.3 is 20.3 Å². The van der Waals surface area contributed by atoms with E-state index in [1.54, 1.807) is 41.5 Å². The molecular formula is C27H34N6O3. The molecule has 9 nitrogen and oxygen atoms in total. The number of benzene rings is 1. The molecule has 190 valence electrons. The highest BCUT2D eigenvalue weighted by Gasteiger charge is 2.48. The standard InChI is InChI=1S/C27H34N6O3/c1-15(2)33-21(11-12-29-33)26(35)31-24(23(17-5-6-17)18-7-8-18)27(36)30-19-9-10-20(22(34)13-19)25-16(3)28-14-32(25)4/h9-15,17-18,23-24,34H,5-8H2,1-4H3,(H,30,36)(H,31,35)/t24-/m0/s1. The van der Waals surface area contributed by atoms with Crippen molar-refractivity contribution in [2.75, 3.05) is 5.32 Å². The lowest BCUT2D eigenvalue weighted by Gasteiger charge is -2.28. The molecular weight excluding hydrogens is 456 g/mol. The fourth-order valence-corrected chi connectivity index (χ4v) is 5.31. The van der Waals surface area contributed by atoms with Crippen LogP contribution in [0.2, 0.25) is 0 Å². The Labute approximate surface area is 210 Å². The molecule has 0 aliphatic heterocycles. The van der Waals surface area contributed by atoms with Gasteiger partial charge in [-0.1, -0.05) is 0 Å². The van der Waals surface area contributed by atoms with Gasteiger partial charge in [-0.25, -0.2) is 4.98 Å². The fraction of sp³-hybridized carbons (Fsp3) is 0.481. The summed E-state index contributed by atoms with van der Waals surface area (Å²) in [6.45, 7) is 5.82. The Kier molecular flexibility index (Phi) is 6.32. The summed E-state index contributed by atoms with van der Waals surface area (Å²) in [6.07, 6.45) is 7.66. The van der Waals surface area contributed by atoms with Crippen molar-refractivity contribution in [1.82, 2.24) is 24.6 Å². The molecule has 3 aromatic rings. The maximum atomic E-state index is 13.6. The number of aromatic nitrogens is 4. The lowest BCUT2D eigenvalue weighted by molar-refractivity contribution is -0.119. The van der Waals surface area contributed by atoms with E-state index >= 15 is 0 Å². The predicted molar refractivity (Wildman–Crippen MR) is 136 cm³/mol. The SMILES string of the molecule is Cc1ncn(C)c1-c1ccc(NC(=O)[C@@H](NC(=O)c2ccnn2C(C)C)C(C2CC2)C2CC2)cc1O. The van der Waals surface area contributed by atoms with E-state index in [4.69, 9.17) is 0 Å². The van der Waals surface area contributed by atoms with Crippen LogP contribution in [0.25, 0.3) is 11.3 Å². The van der Waals surface area contributed by atoms with Gasteiger partial charge in [0.05, 0.1) is 17.7 Å². The van der Waals surface area contributed by atoms with E-state index in [-0.39, 0.29) is 29.5 Å². The number of amides is 2. The van der Waals surface area contributed by atoms with Gasteiger partial charge in [-0.15, -0.1) is 0 Å². The van der Waals surface area contributed by atoms with E-state index in [9.17, 15) is 14.7 Å². The van der Waals surface area contributed by atoms with E-state index < -0.39 is 6.04 Å². The van der Waals surface area contributed by atoms with Crippen molar-refractivity contribution in [1.29, 1.82) is 0 Å². The molecule has 3 N–H and O–H groups in total. The molecule has 0 spiro atoms. The van der Waals surface area contributed by atoms with E-state index in [0.29, 0.717) is 28.8 Å². The number of imidazole rings is 1. The Hall–Kier alpha value is -3.62. The maximum absolute atomic E-state index is 13.6. The summed E-state index contributed by atoms with van der Waals surface area (Å²) in [6, 6.07) is 6.16. The van der Waals surface area contributed by atoms with Gasteiger partial charge in [0.1, 0.15) is 17.5 Å². The van der Waals surface area contributed by atoms with Crippen molar-refractivity contribution < 1.29 is 14.7 Å². The van der Waals surface area contributed by atoms with Crippen LogP contribution < -0.4 is 10.6 Å². The molecule has 2 fully saturated rings. The summed E-state index contributed by atoms with van der Waals surface area (Å²) in [5.41, 5.74) is 3.20. The minimum Gasteiger partial charge on any atom is -0.507 e. The molecule has 2 heterocycles. The van der Waals surface area contributed by atoms with E-state index in [0.717, 1.165) is 37.1 Å². The molecule has 2 aliphatic rings. The normalized spacial score (nSPS) is 16.4. The zero-order valence-electron chi connectivity index (χ0n) is 21.2. The Morgan fingerprint density at radius 3 is 2.36 bits per heavy atom. The maximum Gasteiger partial charge on any atom is 0.270 e. The molecule has 9 heteroatoms. The van der Waals surface area contributed by atoms with Gasteiger partial charge in [0.15, 0.2) is 0 Å². The van der Waals surface area contributed by atoms with Gasteiger partial charge in [0, 0.05) is 36.6 Å². The Morgan fingerprint density at radius 1 is 1.11 bits per heavy atom. The predicted octanol–water partition coefficient (Wildman–Crippen LogP) is 4.05. The van der Waals surface area contributed by atoms with Crippen molar-refractivity contribution in [3.05, 3.63) is 48.2 Å². The summed E-state index contributed by atoms with van der Waals surface area (Å²) >= 11 is 0. The van der Waals surface area contributed by atoms with Gasteiger partial charge in [-0.2, -0.15) is 5.10 Å². The number of nitrogens with one attached hydrogen (secondary N) is 2. The number of rotatable bonds is 9. The first kappa shape index (κ1) is 24.1. The van der Waals surface area contributed by atoms with Crippen LogP contribution in [-0.2, 0) is 11.8 Å². The van der Waals surface area contributed by atoms with Crippen LogP contribution in [0, 0.1) is 24.7 Å². The number of nitrogens with zero attached hydrogens (tertiary/aromatic N) is 4. The average Bonchev–Trinajstić information content (AvgIpc) is 3.76. The van der Waals surface area contributed by atoms with Crippen LogP contribution in [0.3, 0.4) is 0 Å². The first-order valence-corrected chi connectivity index (χ1v) is 12.7. The third kappa shape index (κ3) is 4.74. The van der Waals surface area contributed by atoms with Crippen molar-refractivity contribution in [3.63, 3.8) is 0 Å². The summed E-state index contributed by atoms with van der Waals surface area (Å²) < 4.78 is 3.52. The molecule has 2 aromatic heterocycles. The smallest absolute Gasteiger partial charge is 0.270 e. The lowest BCUT2D eigenvalue weighted by Crippen LogP contribution is -2.50. The summed E-state index contributed by atoms with van der Waals surface area (Å²) in [5.74, 6) is 0.514. The van der Waals surface area contributed by atoms with Crippen molar-refractivity contribution in [2.24, 2.45) is 24.8 Å². The van der Waals surface area contributed by atoms with Crippen LogP contribution in [0.5, 0.6) is 5.75 Å². The quantitative estimate of drug-likeness (QED) is 0.419. The van der Waals surface area contributed by atoms with Gasteiger partial charge >= 0.3 is 0 Å². The second kappa shape index (κ2) is 9.44. The van der Waals surface area contributed by atoms with Gasteiger partial charge in [0.25, 0.3) is 5.91 Å². The highest BCUT2D eigenvalue weighted by molar-refractivity contribution is 6.01. The number of hydrogen-bond acceptors (Lipinski definition) is 5. The molecule has 1 atom stereocenters. The monoisotopic (exact) mass is 490 g/mol. The minimum atomic E-state index is -0.658. The molecule has 0 unspecified atom stereocenters. The lowest BCUT2D eigenvalue weighted by atomic mass is 9.88. The first-order chi connectivity index (χ1) is 17.2. The van der Waals surface area contributed by atoms with Crippen molar-refractivity contribution >= 4 is 17.5 Å². The van der Waals surface area contributed by atoms with E-state index in [2.05, 4.69) is 20.7 Å².